The number of amides is 1. The summed E-state index contributed by atoms with van der Waals surface area (Å²) in [7, 11) is 0. The summed E-state index contributed by atoms with van der Waals surface area (Å²) < 4.78 is 1.28. The summed E-state index contributed by atoms with van der Waals surface area (Å²) in [6, 6.07) is 8.39. The van der Waals surface area contributed by atoms with Crippen LogP contribution in [0.4, 0.5) is 0 Å². The summed E-state index contributed by atoms with van der Waals surface area (Å²) >= 11 is 1.83. The predicted molar refractivity (Wildman–Crippen MR) is 107 cm³/mol. The van der Waals surface area contributed by atoms with Crippen molar-refractivity contribution in [3.63, 3.8) is 0 Å². The van der Waals surface area contributed by atoms with Crippen molar-refractivity contribution >= 4 is 27.5 Å². The van der Waals surface area contributed by atoms with Gasteiger partial charge < -0.3 is 10.2 Å². The fourth-order valence-electron chi connectivity index (χ4n) is 4.53. The van der Waals surface area contributed by atoms with E-state index in [1.165, 1.54) is 59.6 Å². The lowest BCUT2D eigenvalue weighted by Gasteiger charge is -2.28. The Morgan fingerprint density at radius 3 is 2.85 bits per heavy atom. The number of nitrogens with one attached hydrogen (secondary N) is 2. The number of aromatic nitrogens is 1. The molecule has 2 aliphatic rings. The van der Waals surface area contributed by atoms with E-state index in [-0.39, 0.29) is 5.91 Å². The Hall–Kier alpha value is -1.46. The zero-order valence-electron chi connectivity index (χ0n) is 15.5. The maximum atomic E-state index is 12.4. The minimum absolute atomic E-state index is 0.232. The van der Waals surface area contributed by atoms with Crippen LogP contribution >= 0.6 is 11.3 Å². The first kappa shape index (κ1) is 17.9. The van der Waals surface area contributed by atoms with Crippen LogP contribution in [0, 0.1) is 5.92 Å². The summed E-state index contributed by atoms with van der Waals surface area (Å²) in [5.74, 6) is 1.44. The van der Waals surface area contributed by atoms with Crippen LogP contribution < -0.4 is 10.2 Å². The third-order valence-electron chi connectivity index (χ3n) is 6.00. The zero-order valence-corrected chi connectivity index (χ0v) is 16.3. The Kier molecular flexibility index (Phi) is 5.85. The number of piperidine rings is 1. The van der Waals surface area contributed by atoms with Gasteiger partial charge in [0.1, 0.15) is 5.01 Å². The molecule has 26 heavy (non-hydrogen) atoms. The number of nitrogens with zero attached hydrogens (tertiary/aromatic N) is 1. The van der Waals surface area contributed by atoms with Gasteiger partial charge in [-0.3, -0.25) is 4.79 Å². The van der Waals surface area contributed by atoms with Crippen LogP contribution in [0.15, 0.2) is 24.3 Å². The average Bonchev–Trinajstić information content (AvgIpc) is 3.12. The van der Waals surface area contributed by atoms with Gasteiger partial charge in [0.2, 0.25) is 0 Å². The monoisotopic (exact) mass is 372 g/mol. The molecule has 2 aromatic rings. The molecule has 0 bridgehead atoms. The molecule has 2 N–H and O–H groups in total. The van der Waals surface area contributed by atoms with Crippen LogP contribution in [-0.4, -0.2) is 37.1 Å². The number of para-hydroxylation sites is 1. The number of carbonyl (C=O) groups is 1. The van der Waals surface area contributed by atoms with Crippen molar-refractivity contribution in [1.82, 2.24) is 10.3 Å². The fraction of sp³-hybridized carbons (Fsp3) is 0.619. The minimum Gasteiger partial charge on any atom is -0.351 e. The summed E-state index contributed by atoms with van der Waals surface area (Å²) in [5.41, 5.74) is 1.12. The fourth-order valence-corrected chi connectivity index (χ4v) is 5.63. The first-order chi connectivity index (χ1) is 12.8. The molecule has 140 valence electrons. The van der Waals surface area contributed by atoms with Gasteiger partial charge in [-0.25, -0.2) is 4.98 Å². The molecule has 2 atom stereocenters. The molecule has 4 nitrogen and oxygen atoms in total. The van der Waals surface area contributed by atoms with Gasteiger partial charge in [0.05, 0.1) is 29.2 Å². The van der Waals surface area contributed by atoms with Gasteiger partial charge in [-0.05, 0) is 43.7 Å². The Bertz CT molecular complexity index is 705. The Labute approximate surface area is 160 Å². The minimum atomic E-state index is 0.232. The Morgan fingerprint density at radius 2 is 2.00 bits per heavy atom. The first-order valence-corrected chi connectivity index (χ1v) is 11.1. The normalized spacial score (nSPS) is 24.6. The van der Waals surface area contributed by atoms with Crippen LogP contribution in [0.3, 0.4) is 0 Å². The number of rotatable bonds is 5. The molecule has 1 unspecified atom stereocenters. The maximum absolute atomic E-state index is 12.4. The molecule has 1 aliphatic heterocycles. The standard InChI is InChI=1S/C21H29N3OS/c25-20(22-13-16-7-2-1-3-8-16)15-24-12-6-9-17(14-24)21-23-18-10-4-5-11-19(18)26-21/h4-5,10-11,16-17H,1-3,6-9,12-15H2,(H,22,25)/p+1/t17-/m0/s1. The van der Waals surface area contributed by atoms with Gasteiger partial charge >= 0.3 is 0 Å². The van der Waals surface area contributed by atoms with Gasteiger partial charge in [0.15, 0.2) is 6.54 Å². The van der Waals surface area contributed by atoms with Gasteiger partial charge in [-0.15, -0.1) is 11.3 Å². The Morgan fingerprint density at radius 1 is 1.15 bits per heavy atom. The second-order valence-corrected chi connectivity index (χ2v) is 9.11. The van der Waals surface area contributed by atoms with Crippen molar-refractivity contribution in [2.24, 2.45) is 5.92 Å². The molecule has 1 aromatic carbocycles. The molecular formula is C21H30N3OS+. The smallest absolute Gasteiger partial charge is 0.275 e. The number of hydrogen-bond donors (Lipinski definition) is 2. The lowest BCUT2D eigenvalue weighted by molar-refractivity contribution is -0.898. The molecule has 5 heteroatoms. The molecule has 1 amide bonds. The lowest BCUT2D eigenvalue weighted by Crippen LogP contribution is -3.14. The molecule has 0 radical (unpaired) electrons. The van der Waals surface area contributed by atoms with E-state index in [0.29, 0.717) is 18.4 Å². The number of likely N-dealkylation sites (tertiary alicyclic amines) is 1. The summed E-state index contributed by atoms with van der Waals surface area (Å²) in [6.45, 7) is 3.65. The van der Waals surface area contributed by atoms with E-state index in [1.54, 1.807) is 0 Å². The third-order valence-corrected chi connectivity index (χ3v) is 7.20. The summed E-state index contributed by atoms with van der Waals surface area (Å²) in [6.07, 6.45) is 9.00. The highest BCUT2D eigenvalue weighted by molar-refractivity contribution is 7.18. The van der Waals surface area contributed by atoms with Crippen molar-refractivity contribution in [1.29, 1.82) is 0 Å². The van der Waals surface area contributed by atoms with E-state index in [1.807, 2.05) is 11.3 Å². The van der Waals surface area contributed by atoms with E-state index in [0.717, 1.165) is 25.2 Å². The van der Waals surface area contributed by atoms with Crippen LogP contribution in [0.2, 0.25) is 0 Å². The highest BCUT2D eigenvalue weighted by Crippen LogP contribution is 2.30. The molecule has 0 spiro atoms. The second kappa shape index (κ2) is 8.49. The highest BCUT2D eigenvalue weighted by atomic mass is 32.1. The Balaban J connectivity index is 1.29. The van der Waals surface area contributed by atoms with Crippen LogP contribution in [0.25, 0.3) is 10.2 Å². The van der Waals surface area contributed by atoms with Crippen LogP contribution in [-0.2, 0) is 4.79 Å². The quantitative estimate of drug-likeness (QED) is 0.848. The maximum Gasteiger partial charge on any atom is 0.275 e. The first-order valence-electron chi connectivity index (χ1n) is 10.2. The molecule has 1 saturated carbocycles. The second-order valence-electron chi connectivity index (χ2n) is 8.05. The van der Waals surface area contributed by atoms with Gasteiger partial charge in [0.25, 0.3) is 5.91 Å². The lowest BCUT2D eigenvalue weighted by atomic mass is 9.89. The topological polar surface area (TPSA) is 46.4 Å². The summed E-state index contributed by atoms with van der Waals surface area (Å²) in [4.78, 5) is 18.7. The molecule has 1 saturated heterocycles. The van der Waals surface area contributed by atoms with Crippen molar-refractivity contribution in [2.75, 3.05) is 26.2 Å². The third kappa shape index (κ3) is 4.44. The molecule has 2 fully saturated rings. The van der Waals surface area contributed by atoms with E-state index in [4.69, 9.17) is 4.98 Å². The van der Waals surface area contributed by atoms with E-state index >= 15 is 0 Å². The van der Waals surface area contributed by atoms with Crippen molar-refractivity contribution in [3.05, 3.63) is 29.3 Å². The van der Waals surface area contributed by atoms with Crippen molar-refractivity contribution in [3.8, 4) is 0 Å². The summed E-state index contributed by atoms with van der Waals surface area (Å²) in [5, 5.41) is 4.46. The number of carbonyl (C=O) groups excluding carboxylic acids is 1. The number of fused-ring (bicyclic) bond motifs is 1. The molecule has 1 aliphatic carbocycles. The van der Waals surface area contributed by atoms with Crippen molar-refractivity contribution in [2.45, 2.75) is 50.9 Å². The number of hydrogen-bond acceptors (Lipinski definition) is 3. The number of thiazole rings is 1. The molecule has 1 aromatic heterocycles. The zero-order chi connectivity index (χ0) is 17.8. The average molecular weight is 373 g/mol. The van der Waals surface area contributed by atoms with Gasteiger partial charge in [-0.1, -0.05) is 31.4 Å². The molecule has 4 rings (SSSR count). The highest BCUT2D eigenvalue weighted by Gasteiger charge is 2.28. The van der Waals surface area contributed by atoms with Gasteiger partial charge in [0, 0.05) is 6.54 Å². The van der Waals surface area contributed by atoms with E-state index in [2.05, 4.69) is 29.6 Å². The number of quaternary nitrogens is 1. The van der Waals surface area contributed by atoms with Gasteiger partial charge in [-0.2, -0.15) is 0 Å². The van der Waals surface area contributed by atoms with Crippen molar-refractivity contribution < 1.29 is 9.69 Å². The van der Waals surface area contributed by atoms with E-state index in [9.17, 15) is 4.79 Å². The van der Waals surface area contributed by atoms with Crippen LogP contribution in [0.1, 0.15) is 55.9 Å². The molecule has 2 heterocycles. The van der Waals surface area contributed by atoms with Crippen LogP contribution in [0.5, 0.6) is 0 Å². The predicted octanol–water partition coefficient (Wildman–Crippen LogP) is 2.76. The number of benzene rings is 1. The van der Waals surface area contributed by atoms with E-state index < -0.39 is 0 Å². The SMILES string of the molecule is O=C(C[NH+]1CCC[C@H](c2nc3ccccc3s2)C1)NCC1CCCCC1. The largest absolute Gasteiger partial charge is 0.351 e. The molecular weight excluding hydrogens is 342 g/mol.